The van der Waals surface area contributed by atoms with E-state index >= 15 is 4.39 Å². The normalized spacial score (nSPS) is 17.0. The molecule has 0 spiro atoms. The monoisotopic (exact) mass is 483 g/mol. The molecule has 0 unspecified atom stereocenters. The van der Waals surface area contributed by atoms with Crippen LogP contribution in [0.25, 0.3) is 27.5 Å². The van der Waals surface area contributed by atoms with Crippen LogP contribution in [0.3, 0.4) is 0 Å². The number of rotatable bonds is 5. The Bertz CT molecular complexity index is 1520. The van der Waals surface area contributed by atoms with Gasteiger partial charge in [0.05, 0.1) is 34.2 Å². The molecular weight excluding hydrogens is 468 g/mol. The number of hydrogen-bond donors (Lipinski definition) is 2. The van der Waals surface area contributed by atoms with E-state index in [0.29, 0.717) is 22.0 Å². The molecule has 12 heteroatoms. The summed E-state index contributed by atoms with van der Waals surface area (Å²) in [5.41, 5.74) is 1.26. The maximum Gasteiger partial charge on any atom is 0.259 e. The van der Waals surface area contributed by atoms with Crippen molar-refractivity contribution >= 4 is 45.7 Å². The third-order valence-corrected chi connectivity index (χ3v) is 6.07. The quantitative estimate of drug-likeness (QED) is 0.421. The van der Waals surface area contributed by atoms with Gasteiger partial charge in [0, 0.05) is 30.3 Å². The molecule has 9 nitrogen and oxygen atoms in total. The Kier molecular flexibility index (Phi) is 5.17. The third kappa shape index (κ3) is 3.52. The van der Waals surface area contributed by atoms with Crippen molar-refractivity contribution in [1.82, 2.24) is 24.7 Å². The van der Waals surface area contributed by atoms with E-state index in [1.54, 1.807) is 24.4 Å². The number of anilines is 1. The van der Waals surface area contributed by atoms with Crippen molar-refractivity contribution in [3.05, 3.63) is 47.0 Å². The van der Waals surface area contributed by atoms with Gasteiger partial charge in [-0.15, -0.1) is 0 Å². The van der Waals surface area contributed by atoms with Gasteiger partial charge in [-0.05, 0) is 24.1 Å². The SMILES string of the molecule is CN(CC#N)C(=O)c1c(F)c(Cl)c(-c2ccn3nc(NC(=O)[C@@H]4C[C@@H]4F)cc3c2)c2cn[nH]c12. The van der Waals surface area contributed by atoms with Crippen LogP contribution in [0.1, 0.15) is 16.8 Å². The summed E-state index contributed by atoms with van der Waals surface area (Å²) in [5, 5.41) is 22.5. The van der Waals surface area contributed by atoms with Crippen LogP contribution in [0.4, 0.5) is 14.6 Å². The van der Waals surface area contributed by atoms with Gasteiger partial charge >= 0.3 is 0 Å². The first-order valence-corrected chi connectivity index (χ1v) is 10.6. The van der Waals surface area contributed by atoms with Gasteiger partial charge < -0.3 is 10.2 Å². The molecule has 0 bridgehead atoms. The van der Waals surface area contributed by atoms with Crippen LogP contribution < -0.4 is 5.32 Å². The molecule has 3 heterocycles. The number of carbonyl (C=O) groups is 2. The maximum absolute atomic E-state index is 15.4. The molecule has 1 aliphatic rings. The molecule has 34 heavy (non-hydrogen) atoms. The summed E-state index contributed by atoms with van der Waals surface area (Å²) in [6.45, 7) is -0.225. The zero-order chi connectivity index (χ0) is 24.1. The minimum absolute atomic E-state index is 0.151. The van der Waals surface area contributed by atoms with E-state index in [0.717, 1.165) is 4.90 Å². The van der Waals surface area contributed by atoms with Crippen LogP contribution >= 0.6 is 11.6 Å². The van der Waals surface area contributed by atoms with Crippen molar-refractivity contribution in [3.8, 4) is 17.2 Å². The number of fused-ring (bicyclic) bond motifs is 2. The molecule has 2 atom stereocenters. The van der Waals surface area contributed by atoms with Crippen molar-refractivity contribution in [2.45, 2.75) is 12.6 Å². The average Bonchev–Trinajstić information content (AvgIpc) is 3.17. The fourth-order valence-electron chi connectivity index (χ4n) is 3.83. The second-order valence-electron chi connectivity index (χ2n) is 8.02. The Morgan fingerprint density at radius 2 is 2.21 bits per heavy atom. The zero-order valence-electron chi connectivity index (χ0n) is 17.6. The van der Waals surface area contributed by atoms with Gasteiger partial charge in [0.2, 0.25) is 5.91 Å². The van der Waals surface area contributed by atoms with E-state index in [1.807, 2.05) is 6.07 Å². The van der Waals surface area contributed by atoms with Crippen LogP contribution in [0, 0.1) is 23.1 Å². The molecular formula is C22H16ClF2N7O2. The molecule has 0 radical (unpaired) electrons. The van der Waals surface area contributed by atoms with Crippen molar-refractivity contribution in [3.63, 3.8) is 0 Å². The number of amides is 2. The number of aromatic amines is 1. The van der Waals surface area contributed by atoms with Crippen LogP contribution in [0.2, 0.25) is 5.02 Å². The highest BCUT2D eigenvalue weighted by atomic mass is 35.5. The lowest BCUT2D eigenvalue weighted by Crippen LogP contribution is -2.28. The molecule has 2 amide bonds. The van der Waals surface area contributed by atoms with Gasteiger partial charge in [0.15, 0.2) is 11.6 Å². The van der Waals surface area contributed by atoms with Crippen LogP contribution in [-0.4, -0.2) is 56.3 Å². The number of H-pyrrole nitrogens is 1. The molecule has 1 saturated carbocycles. The summed E-state index contributed by atoms with van der Waals surface area (Å²) in [6.07, 6.45) is 2.13. The lowest BCUT2D eigenvalue weighted by atomic mass is 9.98. The fourth-order valence-corrected chi connectivity index (χ4v) is 4.14. The van der Waals surface area contributed by atoms with E-state index < -0.39 is 29.7 Å². The van der Waals surface area contributed by atoms with Crippen molar-refractivity contribution in [1.29, 1.82) is 5.26 Å². The minimum Gasteiger partial charge on any atom is -0.328 e. The molecule has 2 N–H and O–H groups in total. The molecule has 1 aliphatic carbocycles. The van der Waals surface area contributed by atoms with Gasteiger partial charge in [-0.25, -0.2) is 13.3 Å². The number of carbonyl (C=O) groups excluding carboxylic acids is 2. The molecule has 3 aromatic heterocycles. The second kappa shape index (κ2) is 8.07. The standard InChI is InChI=1S/C22H16ClF2N7O2/c1-31(5-3-26)22(34)17-19(25)18(23)16(13-9-27-29-20(13)17)10-2-4-32-11(6-10)7-15(30-32)28-21(33)12-8-14(12)24/h2,4,6-7,9,12,14H,5,8H2,1H3,(H,27,29)(H,28,30,33)/t12-,14+/m1/s1. The number of pyridine rings is 1. The third-order valence-electron chi connectivity index (χ3n) is 5.71. The highest BCUT2D eigenvalue weighted by molar-refractivity contribution is 6.36. The minimum atomic E-state index is -1.12. The first kappa shape index (κ1) is 21.8. The number of halogens is 3. The number of aromatic nitrogens is 4. The fraction of sp³-hybridized carbons (Fsp3) is 0.227. The smallest absolute Gasteiger partial charge is 0.259 e. The highest BCUT2D eigenvalue weighted by Crippen LogP contribution is 2.40. The summed E-state index contributed by atoms with van der Waals surface area (Å²) >= 11 is 6.41. The van der Waals surface area contributed by atoms with Crippen LogP contribution in [0.5, 0.6) is 0 Å². The Hall–Kier alpha value is -4.04. The highest BCUT2D eigenvalue weighted by Gasteiger charge is 2.43. The number of alkyl halides is 1. The lowest BCUT2D eigenvalue weighted by molar-refractivity contribution is -0.117. The van der Waals surface area contributed by atoms with Gasteiger partial charge in [-0.2, -0.15) is 15.5 Å². The summed E-state index contributed by atoms with van der Waals surface area (Å²) in [6, 6.07) is 6.79. The first-order chi connectivity index (χ1) is 16.3. The zero-order valence-corrected chi connectivity index (χ0v) is 18.4. The van der Waals surface area contributed by atoms with Crippen molar-refractivity contribution in [2.24, 2.45) is 5.92 Å². The summed E-state index contributed by atoms with van der Waals surface area (Å²) in [4.78, 5) is 25.9. The van der Waals surface area contributed by atoms with Crippen LogP contribution in [0.15, 0.2) is 30.6 Å². The molecule has 5 rings (SSSR count). The maximum atomic E-state index is 15.4. The number of benzene rings is 1. The van der Waals surface area contributed by atoms with Gasteiger partial charge in [-0.3, -0.25) is 14.7 Å². The van der Waals surface area contributed by atoms with Gasteiger partial charge in [-0.1, -0.05) is 11.6 Å². The number of nitrogens with one attached hydrogen (secondary N) is 2. The van der Waals surface area contributed by atoms with Crippen LogP contribution in [-0.2, 0) is 4.79 Å². The predicted octanol–water partition coefficient (Wildman–Crippen LogP) is 3.56. The first-order valence-electron chi connectivity index (χ1n) is 10.2. The van der Waals surface area contributed by atoms with E-state index in [-0.39, 0.29) is 34.9 Å². The van der Waals surface area contributed by atoms with E-state index in [2.05, 4.69) is 20.6 Å². The largest absolute Gasteiger partial charge is 0.328 e. The topological polar surface area (TPSA) is 119 Å². The average molecular weight is 484 g/mol. The summed E-state index contributed by atoms with van der Waals surface area (Å²) in [5.74, 6) is -2.46. The predicted molar refractivity (Wildman–Crippen MR) is 119 cm³/mol. The Balaban J connectivity index is 1.57. The second-order valence-corrected chi connectivity index (χ2v) is 8.40. The Morgan fingerprint density at radius 3 is 2.91 bits per heavy atom. The molecule has 0 saturated heterocycles. The Morgan fingerprint density at radius 1 is 1.44 bits per heavy atom. The summed E-state index contributed by atoms with van der Waals surface area (Å²) < 4.78 is 30.0. The van der Waals surface area contributed by atoms with E-state index in [1.165, 1.54) is 17.8 Å². The molecule has 172 valence electrons. The van der Waals surface area contributed by atoms with E-state index in [4.69, 9.17) is 16.9 Å². The number of hydrogen-bond acceptors (Lipinski definition) is 5. The molecule has 0 aliphatic heterocycles. The molecule has 1 aromatic carbocycles. The van der Waals surface area contributed by atoms with E-state index in [9.17, 15) is 14.0 Å². The number of nitriles is 1. The summed E-state index contributed by atoms with van der Waals surface area (Å²) in [7, 11) is 1.38. The number of nitrogens with zero attached hydrogens (tertiary/aromatic N) is 5. The van der Waals surface area contributed by atoms with Crippen molar-refractivity contribution in [2.75, 3.05) is 18.9 Å². The molecule has 1 fully saturated rings. The Labute approximate surface area is 195 Å². The molecule has 4 aromatic rings. The van der Waals surface area contributed by atoms with Gasteiger partial charge in [0.25, 0.3) is 5.91 Å². The van der Waals surface area contributed by atoms with Crippen molar-refractivity contribution < 1.29 is 18.4 Å². The lowest BCUT2D eigenvalue weighted by Gasteiger charge is -2.16. The van der Waals surface area contributed by atoms with Gasteiger partial charge in [0.1, 0.15) is 18.3 Å².